The highest BCUT2D eigenvalue weighted by Gasteiger charge is 2.00. The van der Waals surface area contributed by atoms with Crippen molar-refractivity contribution in [1.29, 1.82) is 0 Å². The lowest BCUT2D eigenvalue weighted by Crippen LogP contribution is -2.63. The van der Waals surface area contributed by atoms with Gasteiger partial charge in [0.2, 0.25) is 0 Å². The van der Waals surface area contributed by atoms with Crippen LogP contribution < -0.4 is 11.5 Å². The van der Waals surface area contributed by atoms with E-state index in [1.165, 1.54) is 0 Å². The van der Waals surface area contributed by atoms with E-state index in [2.05, 4.69) is 11.5 Å². The molecule has 3 nitrogen and oxygen atoms in total. The lowest BCUT2D eigenvalue weighted by Gasteiger charge is -2.04. The maximum absolute atomic E-state index is 5.23. The standard InChI is InChI=1S/C6H16N2O/c1-5(7)3-9-4-6(2)8/h5-6H,3-4,7-8H2,1-2H3/p+2. The van der Waals surface area contributed by atoms with E-state index < -0.39 is 0 Å². The van der Waals surface area contributed by atoms with Crippen molar-refractivity contribution in [3.63, 3.8) is 0 Å². The molecule has 0 fully saturated rings. The number of ether oxygens (including phenoxy) is 1. The van der Waals surface area contributed by atoms with Crippen LogP contribution in [0, 0.1) is 0 Å². The molecule has 0 amide bonds. The van der Waals surface area contributed by atoms with Crippen LogP contribution in [0.25, 0.3) is 0 Å². The van der Waals surface area contributed by atoms with Gasteiger partial charge in [-0.05, 0) is 13.8 Å². The van der Waals surface area contributed by atoms with Gasteiger partial charge < -0.3 is 16.2 Å². The Hall–Kier alpha value is -0.120. The quantitative estimate of drug-likeness (QED) is 0.471. The van der Waals surface area contributed by atoms with Crippen LogP contribution in [0.4, 0.5) is 0 Å². The van der Waals surface area contributed by atoms with Crippen molar-refractivity contribution < 1.29 is 16.2 Å². The maximum Gasteiger partial charge on any atom is 0.105 e. The molecule has 0 aromatic carbocycles. The first kappa shape index (κ1) is 8.88. The number of hydrogen-bond acceptors (Lipinski definition) is 1. The SMILES string of the molecule is CC([NH3+])COCC(C)[NH3+]. The molecule has 2 atom stereocenters. The molecule has 0 spiro atoms. The van der Waals surface area contributed by atoms with Crippen LogP contribution in [0.15, 0.2) is 0 Å². The monoisotopic (exact) mass is 134 g/mol. The van der Waals surface area contributed by atoms with Crippen molar-refractivity contribution in [2.75, 3.05) is 13.2 Å². The molecular weight excluding hydrogens is 116 g/mol. The molecule has 0 aromatic heterocycles. The molecular formula is C6H18N2O+2. The first-order valence-electron chi connectivity index (χ1n) is 3.37. The van der Waals surface area contributed by atoms with Crippen molar-refractivity contribution >= 4 is 0 Å². The van der Waals surface area contributed by atoms with Gasteiger partial charge >= 0.3 is 0 Å². The summed E-state index contributed by atoms with van der Waals surface area (Å²) in [5.74, 6) is 0. The molecule has 0 aliphatic heterocycles. The molecule has 56 valence electrons. The number of quaternary nitrogens is 2. The summed E-state index contributed by atoms with van der Waals surface area (Å²) < 4.78 is 5.23. The molecule has 2 unspecified atom stereocenters. The van der Waals surface area contributed by atoms with Crippen molar-refractivity contribution in [3.8, 4) is 0 Å². The minimum absolute atomic E-state index is 0.392. The molecule has 6 N–H and O–H groups in total. The van der Waals surface area contributed by atoms with E-state index in [4.69, 9.17) is 4.74 Å². The average Bonchev–Trinajstić information content (AvgIpc) is 1.63. The van der Waals surface area contributed by atoms with Gasteiger partial charge in [-0.25, -0.2) is 0 Å². The first-order valence-corrected chi connectivity index (χ1v) is 3.37. The van der Waals surface area contributed by atoms with E-state index >= 15 is 0 Å². The predicted molar refractivity (Wildman–Crippen MR) is 35.5 cm³/mol. The summed E-state index contributed by atoms with van der Waals surface area (Å²) in [4.78, 5) is 0. The van der Waals surface area contributed by atoms with Gasteiger partial charge in [-0.15, -0.1) is 0 Å². The van der Waals surface area contributed by atoms with Crippen LogP contribution in [0.1, 0.15) is 13.8 Å². The van der Waals surface area contributed by atoms with Crippen LogP contribution in [0.2, 0.25) is 0 Å². The predicted octanol–water partition coefficient (Wildman–Crippen LogP) is -1.74. The Morgan fingerprint density at radius 3 is 1.67 bits per heavy atom. The van der Waals surface area contributed by atoms with Crippen molar-refractivity contribution in [2.24, 2.45) is 0 Å². The van der Waals surface area contributed by atoms with Crippen LogP contribution in [-0.2, 0) is 4.74 Å². The summed E-state index contributed by atoms with van der Waals surface area (Å²) in [7, 11) is 0. The number of hydrogen-bond donors (Lipinski definition) is 2. The lowest BCUT2D eigenvalue weighted by atomic mass is 10.4. The second-order valence-corrected chi connectivity index (χ2v) is 2.75. The van der Waals surface area contributed by atoms with E-state index in [0.29, 0.717) is 12.1 Å². The molecule has 3 heteroatoms. The molecule has 0 heterocycles. The van der Waals surface area contributed by atoms with Crippen LogP contribution in [0.5, 0.6) is 0 Å². The average molecular weight is 134 g/mol. The Labute approximate surface area is 56.4 Å². The minimum Gasteiger partial charge on any atom is -0.369 e. The topological polar surface area (TPSA) is 64.5 Å². The van der Waals surface area contributed by atoms with Crippen LogP contribution >= 0.6 is 0 Å². The van der Waals surface area contributed by atoms with E-state index in [1.807, 2.05) is 13.8 Å². The normalized spacial score (nSPS) is 17.3. The molecule has 0 aromatic rings. The third-order valence-electron chi connectivity index (χ3n) is 0.805. The lowest BCUT2D eigenvalue weighted by molar-refractivity contribution is -0.435. The van der Waals surface area contributed by atoms with Gasteiger partial charge in [-0.2, -0.15) is 0 Å². The van der Waals surface area contributed by atoms with Gasteiger partial charge in [-0.1, -0.05) is 0 Å². The summed E-state index contributed by atoms with van der Waals surface area (Å²) >= 11 is 0. The van der Waals surface area contributed by atoms with Crippen LogP contribution in [0.3, 0.4) is 0 Å². The summed E-state index contributed by atoms with van der Waals surface area (Å²) in [5, 5.41) is 0. The summed E-state index contributed by atoms with van der Waals surface area (Å²) in [6, 6.07) is 0.785. The highest BCUT2D eigenvalue weighted by atomic mass is 16.5. The van der Waals surface area contributed by atoms with Crippen LogP contribution in [-0.4, -0.2) is 25.3 Å². The van der Waals surface area contributed by atoms with Gasteiger partial charge in [0.05, 0.1) is 13.2 Å². The van der Waals surface area contributed by atoms with Gasteiger partial charge in [-0.3, -0.25) is 0 Å². The van der Waals surface area contributed by atoms with Gasteiger partial charge in [0, 0.05) is 0 Å². The van der Waals surface area contributed by atoms with Gasteiger partial charge in [0.1, 0.15) is 12.1 Å². The Bertz CT molecular complexity index is 56.1. The van der Waals surface area contributed by atoms with Crippen molar-refractivity contribution in [1.82, 2.24) is 0 Å². The van der Waals surface area contributed by atoms with E-state index in [0.717, 1.165) is 13.2 Å². The van der Waals surface area contributed by atoms with Crippen molar-refractivity contribution in [2.45, 2.75) is 25.9 Å². The second-order valence-electron chi connectivity index (χ2n) is 2.75. The zero-order valence-electron chi connectivity index (χ0n) is 6.39. The molecule has 9 heavy (non-hydrogen) atoms. The van der Waals surface area contributed by atoms with E-state index in [1.54, 1.807) is 0 Å². The second kappa shape index (κ2) is 4.73. The highest BCUT2D eigenvalue weighted by Crippen LogP contribution is 1.79. The zero-order valence-corrected chi connectivity index (χ0v) is 6.39. The maximum atomic E-state index is 5.23. The van der Waals surface area contributed by atoms with E-state index in [-0.39, 0.29) is 0 Å². The molecule has 0 aliphatic carbocycles. The summed E-state index contributed by atoms with van der Waals surface area (Å²) in [6.07, 6.45) is 0. The zero-order chi connectivity index (χ0) is 7.28. The largest absolute Gasteiger partial charge is 0.369 e. The Balaban J connectivity index is 2.91. The molecule has 0 bridgehead atoms. The Morgan fingerprint density at radius 1 is 1.11 bits per heavy atom. The molecule has 0 saturated carbocycles. The molecule has 0 aliphatic rings. The summed E-state index contributed by atoms with van der Waals surface area (Å²) in [6.45, 7) is 5.57. The highest BCUT2D eigenvalue weighted by molar-refractivity contribution is 4.42. The number of rotatable bonds is 4. The fourth-order valence-corrected chi connectivity index (χ4v) is 0.470. The minimum atomic E-state index is 0.392. The third kappa shape index (κ3) is 7.88. The summed E-state index contributed by atoms with van der Waals surface area (Å²) in [5.41, 5.74) is 7.58. The van der Waals surface area contributed by atoms with E-state index in [9.17, 15) is 0 Å². The molecule has 0 rings (SSSR count). The van der Waals surface area contributed by atoms with Gasteiger partial charge in [0.15, 0.2) is 0 Å². The fourth-order valence-electron chi connectivity index (χ4n) is 0.470. The Kier molecular flexibility index (Phi) is 4.67. The molecule has 0 radical (unpaired) electrons. The smallest absolute Gasteiger partial charge is 0.105 e. The molecule has 0 saturated heterocycles. The fraction of sp³-hybridized carbons (Fsp3) is 1.00. The first-order chi connectivity index (χ1) is 4.13. The van der Waals surface area contributed by atoms with Gasteiger partial charge in [0.25, 0.3) is 0 Å². The van der Waals surface area contributed by atoms with Crippen molar-refractivity contribution in [3.05, 3.63) is 0 Å². The third-order valence-corrected chi connectivity index (χ3v) is 0.805. The Morgan fingerprint density at radius 2 is 1.44 bits per heavy atom.